The first kappa shape index (κ1) is 26.2. The van der Waals surface area contributed by atoms with Crippen molar-refractivity contribution in [2.75, 3.05) is 44.2 Å². The van der Waals surface area contributed by atoms with E-state index in [2.05, 4.69) is 44.7 Å². The number of carbonyl (C=O) groups excluding carboxylic acids is 1. The molecule has 1 aliphatic rings. The predicted octanol–water partition coefficient (Wildman–Crippen LogP) is 4.75. The van der Waals surface area contributed by atoms with Crippen LogP contribution in [0, 0.1) is 19.8 Å². The second-order valence-corrected chi connectivity index (χ2v) is 13.2. The lowest BCUT2D eigenvalue weighted by Crippen LogP contribution is -2.48. The summed E-state index contributed by atoms with van der Waals surface area (Å²) in [5.74, 6) is -0.415. The first-order valence-corrected chi connectivity index (χ1v) is 15.3. The molecule has 1 aliphatic heterocycles. The zero-order valence-electron chi connectivity index (χ0n) is 20.9. The van der Waals surface area contributed by atoms with Gasteiger partial charge in [0.2, 0.25) is 5.91 Å². The van der Waals surface area contributed by atoms with E-state index in [9.17, 15) is 13.2 Å². The SMILES string of the molecule is CCN(CC)CCN(C(=O)C1CCCN(S(=O)(=O)c2cccs2)C1)c1nc2cc(C)cc(C)c2s1. The zero-order chi connectivity index (χ0) is 25.2. The van der Waals surface area contributed by atoms with Gasteiger partial charge in [-0.2, -0.15) is 4.31 Å². The number of piperidine rings is 1. The van der Waals surface area contributed by atoms with Crippen LogP contribution >= 0.6 is 22.7 Å². The molecule has 0 N–H and O–H groups in total. The van der Waals surface area contributed by atoms with Gasteiger partial charge in [-0.05, 0) is 68.4 Å². The summed E-state index contributed by atoms with van der Waals surface area (Å²) in [6, 6.07) is 7.58. The summed E-state index contributed by atoms with van der Waals surface area (Å²) in [6.07, 6.45) is 1.35. The Kier molecular flexibility index (Phi) is 8.27. The average molecular weight is 535 g/mol. The van der Waals surface area contributed by atoms with E-state index in [1.54, 1.807) is 28.8 Å². The van der Waals surface area contributed by atoms with Crippen LogP contribution in [0.25, 0.3) is 10.2 Å². The average Bonchev–Trinajstić information content (AvgIpc) is 3.53. The predicted molar refractivity (Wildman–Crippen MR) is 145 cm³/mol. The summed E-state index contributed by atoms with van der Waals surface area (Å²) in [7, 11) is -3.58. The standard InChI is InChI=1S/C25H34N4O3S3/c1-5-27(6-2)12-13-29(25-26-21-16-18(3)15-19(4)23(21)34-25)24(30)20-9-7-11-28(17-20)35(31,32)22-10-8-14-33-22/h8,10,14-16,20H,5-7,9,11-13,17H2,1-4H3. The Labute approximate surface area is 216 Å². The molecule has 1 amide bonds. The second-order valence-electron chi connectivity index (χ2n) is 9.08. The molecule has 1 saturated heterocycles. The third-order valence-electron chi connectivity index (χ3n) is 6.66. The molecule has 1 atom stereocenters. The lowest BCUT2D eigenvalue weighted by Gasteiger charge is -2.34. The summed E-state index contributed by atoms with van der Waals surface area (Å²) in [6.45, 7) is 12.1. The molecular formula is C25H34N4O3S3. The van der Waals surface area contributed by atoms with Crippen LogP contribution in [0.2, 0.25) is 0 Å². The van der Waals surface area contributed by atoms with Crippen LogP contribution in [0.15, 0.2) is 33.9 Å². The number of likely N-dealkylation sites (N-methyl/N-ethyl adjacent to an activating group) is 1. The lowest BCUT2D eigenvalue weighted by atomic mass is 9.98. The first-order valence-electron chi connectivity index (χ1n) is 12.2. The van der Waals surface area contributed by atoms with Crippen LogP contribution in [0.1, 0.15) is 37.8 Å². The minimum Gasteiger partial charge on any atom is -0.302 e. The highest BCUT2D eigenvalue weighted by molar-refractivity contribution is 7.91. The molecule has 1 fully saturated rings. The number of hydrogen-bond donors (Lipinski definition) is 0. The topological polar surface area (TPSA) is 73.8 Å². The van der Waals surface area contributed by atoms with Gasteiger partial charge in [-0.25, -0.2) is 13.4 Å². The van der Waals surface area contributed by atoms with Gasteiger partial charge >= 0.3 is 0 Å². The largest absolute Gasteiger partial charge is 0.302 e. The molecule has 0 radical (unpaired) electrons. The number of fused-ring (bicyclic) bond motifs is 1. The lowest BCUT2D eigenvalue weighted by molar-refractivity contribution is -0.123. The van der Waals surface area contributed by atoms with Gasteiger partial charge in [0.15, 0.2) is 5.13 Å². The number of aryl methyl sites for hydroxylation is 2. The van der Waals surface area contributed by atoms with Crippen molar-refractivity contribution in [3.8, 4) is 0 Å². The number of sulfonamides is 1. The number of nitrogens with zero attached hydrogens (tertiary/aromatic N) is 4. The molecule has 0 spiro atoms. The van der Waals surface area contributed by atoms with Crippen molar-refractivity contribution in [2.45, 2.75) is 44.7 Å². The van der Waals surface area contributed by atoms with E-state index in [-0.39, 0.29) is 18.4 Å². The van der Waals surface area contributed by atoms with E-state index < -0.39 is 10.0 Å². The normalized spacial score (nSPS) is 17.3. The number of thiophene rings is 1. The maximum Gasteiger partial charge on any atom is 0.252 e. The number of aromatic nitrogens is 1. The highest BCUT2D eigenvalue weighted by atomic mass is 32.2. The minimum atomic E-state index is -3.58. The summed E-state index contributed by atoms with van der Waals surface area (Å²) in [5.41, 5.74) is 3.22. The Bertz CT molecular complexity index is 1270. The van der Waals surface area contributed by atoms with Crippen molar-refractivity contribution in [1.82, 2.24) is 14.2 Å². The van der Waals surface area contributed by atoms with E-state index in [0.29, 0.717) is 35.3 Å². The van der Waals surface area contributed by atoms with Crippen molar-refractivity contribution in [3.63, 3.8) is 0 Å². The van der Waals surface area contributed by atoms with Crippen molar-refractivity contribution >= 4 is 54.0 Å². The number of anilines is 1. The molecule has 35 heavy (non-hydrogen) atoms. The Morgan fingerprint density at radius 3 is 2.66 bits per heavy atom. The van der Waals surface area contributed by atoms with Crippen LogP contribution in [0.3, 0.4) is 0 Å². The Morgan fingerprint density at radius 2 is 1.97 bits per heavy atom. The van der Waals surface area contributed by atoms with Crippen LogP contribution in [0.5, 0.6) is 0 Å². The van der Waals surface area contributed by atoms with Crippen LogP contribution in [-0.2, 0) is 14.8 Å². The van der Waals surface area contributed by atoms with Crippen molar-refractivity contribution in [3.05, 3.63) is 40.8 Å². The second kappa shape index (κ2) is 11.0. The van der Waals surface area contributed by atoms with E-state index in [4.69, 9.17) is 4.98 Å². The Balaban J connectivity index is 1.62. The molecular weight excluding hydrogens is 501 g/mol. The molecule has 3 heterocycles. The molecule has 0 bridgehead atoms. The molecule has 3 aromatic rings. The van der Waals surface area contributed by atoms with Crippen LogP contribution in [0.4, 0.5) is 5.13 Å². The molecule has 1 unspecified atom stereocenters. The third-order valence-corrected chi connectivity index (χ3v) is 11.1. The van der Waals surface area contributed by atoms with Crippen LogP contribution in [-0.4, -0.2) is 67.8 Å². The fraction of sp³-hybridized carbons (Fsp3) is 0.520. The molecule has 10 heteroatoms. The molecule has 7 nitrogen and oxygen atoms in total. The van der Waals surface area contributed by atoms with Crippen molar-refractivity contribution < 1.29 is 13.2 Å². The van der Waals surface area contributed by atoms with Gasteiger partial charge in [-0.3, -0.25) is 9.69 Å². The van der Waals surface area contributed by atoms with Gasteiger partial charge in [0.25, 0.3) is 10.0 Å². The molecule has 0 aliphatic carbocycles. The van der Waals surface area contributed by atoms with E-state index in [1.165, 1.54) is 15.6 Å². The summed E-state index contributed by atoms with van der Waals surface area (Å²) in [4.78, 5) is 22.9. The van der Waals surface area contributed by atoms with Gasteiger partial charge in [0.1, 0.15) is 4.21 Å². The molecule has 0 saturated carbocycles. The van der Waals surface area contributed by atoms with Gasteiger partial charge in [0.05, 0.1) is 16.1 Å². The van der Waals surface area contributed by atoms with Crippen molar-refractivity contribution in [1.29, 1.82) is 0 Å². The number of rotatable bonds is 9. The summed E-state index contributed by atoms with van der Waals surface area (Å²) < 4.78 is 29.2. The number of carbonyl (C=O) groups is 1. The number of hydrogen-bond acceptors (Lipinski definition) is 7. The van der Waals surface area contributed by atoms with E-state index >= 15 is 0 Å². The summed E-state index contributed by atoms with van der Waals surface area (Å²) in [5, 5.41) is 2.47. The van der Waals surface area contributed by atoms with Gasteiger partial charge in [-0.1, -0.05) is 37.3 Å². The number of thiazole rings is 1. The fourth-order valence-corrected chi connectivity index (χ4v) is 8.40. The van der Waals surface area contributed by atoms with Crippen molar-refractivity contribution in [2.24, 2.45) is 5.92 Å². The highest BCUT2D eigenvalue weighted by Gasteiger charge is 2.36. The Hall–Kier alpha value is -1.85. The third kappa shape index (κ3) is 5.61. The van der Waals surface area contributed by atoms with Gasteiger partial charge in [0, 0.05) is 26.2 Å². The molecule has 190 valence electrons. The zero-order valence-corrected chi connectivity index (χ0v) is 23.3. The maximum absolute atomic E-state index is 13.9. The highest BCUT2D eigenvalue weighted by Crippen LogP contribution is 2.34. The maximum atomic E-state index is 13.9. The smallest absolute Gasteiger partial charge is 0.252 e. The molecule has 1 aromatic carbocycles. The minimum absolute atomic E-state index is 0.0309. The van der Waals surface area contributed by atoms with E-state index in [0.717, 1.165) is 41.0 Å². The first-order chi connectivity index (χ1) is 16.7. The van der Waals surface area contributed by atoms with Gasteiger partial charge in [-0.15, -0.1) is 11.3 Å². The quantitative estimate of drug-likeness (QED) is 0.396. The molecule has 2 aromatic heterocycles. The van der Waals surface area contributed by atoms with Crippen LogP contribution < -0.4 is 4.90 Å². The number of amides is 1. The van der Waals surface area contributed by atoms with E-state index in [1.807, 2.05) is 4.90 Å². The van der Waals surface area contributed by atoms with Gasteiger partial charge < -0.3 is 4.90 Å². The monoisotopic (exact) mass is 534 g/mol. The number of benzene rings is 1. The summed E-state index contributed by atoms with van der Waals surface area (Å²) >= 11 is 2.77. The molecule has 4 rings (SSSR count). The Morgan fingerprint density at radius 1 is 1.20 bits per heavy atom. The fourth-order valence-electron chi connectivity index (χ4n) is 4.68.